The van der Waals surface area contributed by atoms with Crippen LogP contribution in [-0.4, -0.2) is 18.3 Å². The van der Waals surface area contributed by atoms with E-state index in [2.05, 4.69) is 119 Å². The van der Waals surface area contributed by atoms with Crippen molar-refractivity contribution in [3.63, 3.8) is 0 Å². The minimum Gasteiger partial charge on any atom is -0.456 e. The SMILES string of the molecule is CC1(C)OB(c2ccc3cccc(-c4ccc5c(c4)oc4cc6ccccc6cc45)c3c2)OC1(C)C. The largest absolute Gasteiger partial charge is 0.494 e. The number of furan rings is 1. The fourth-order valence-corrected chi connectivity index (χ4v) is 5.30. The average Bonchev–Trinajstić information content (AvgIpc) is 3.33. The summed E-state index contributed by atoms with van der Waals surface area (Å²) in [6.45, 7) is 8.35. The predicted octanol–water partition coefficient (Wildman–Crippen LogP) is 7.86. The zero-order valence-electron chi connectivity index (χ0n) is 21.0. The van der Waals surface area contributed by atoms with Gasteiger partial charge in [0.25, 0.3) is 0 Å². The standard InChI is InChI=1S/C32H27BO3/c1-31(2)32(3,4)36-33(35-31)24-14-12-20-10-7-11-25(27(20)19-24)23-13-15-26-28-16-21-8-5-6-9-22(21)17-30(28)34-29(26)18-23/h5-19H,1-4H3. The van der Waals surface area contributed by atoms with Gasteiger partial charge in [0, 0.05) is 10.8 Å². The monoisotopic (exact) mass is 470 g/mol. The fourth-order valence-electron chi connectivity index (χ4n) is 5.30. The van der Waals surface area contributed by atoms with E-state index >= 15 is 0 Å². The molecule has 1 saturated heterocycles. The maximum Gasteiger partial charge on any atom is 0.494 e. The molecule has 176 valence electrons. The molecular formula is C32H27BO3. The number of rotatable bonds is 2. The molecule has 0 bridgehead atoms. The van der Waals surface area contributed by atoms with Crippen molar-refractivity contribution >= 4 is 56.1 Å². The van der Waals surface area contributed by atoms with Gasteiger partial charge in [-0.3, -0.25) is 0 Å². The zero-order valence-corrected chi connectivity index (χ0v) is 21.0. The Morgan fingerprint density at radius 2 is 1.25 bits per heavy atom. The van der Waals surface area contributed by atoms with E-state index in [1.165, 1.54) is 27.1 Å². The normalized spacial score (nSPS) is 17.1. The molecule has 0 saturated carbocycles. The van der Waals surface area contributed by atoms with Crippen molar-refractivity contribution < 1.29 is 13.7 Å². The smallest absolute Gasteiger partial charge is 0.456 e. The Morgan fingerprint density at radius 3 is 2.03 bits per heavy atom. The van der Waals surface area contributed by atoms with Gasteiger partial charge in [-0.15, -0.1) is 0 Å². The number of hydrogen-bond donors (Lipinski definition) is 0. The van der Waals surface area contributed by atoms with Gasteiger partial charge in [-0.1, -0.05) is 66.7 Å². The second-order valence-electron chi connectivity index (χ2n) is 10.9. The Hall–Kier alpha value is -3.60. The van der Waals surface area contributed by atoms with Gasteiger partial charge >= 0.3 is 7.12 Å². The van der Waals surface area contributed by atoms with Gasteiger partial charge in [-0.05, 0) is 90.1 Å². The Kier molecular flexibility index (Phi) is 4.49. The molecule has 0 unspecified atom stereocenters. The Morgan fingerprint density at radius 1 is 0.556 bits per heavy atom. The molecule has 1 fully saturated rings. The Bertz CT molecular complexity index is 1800. The van der Waals surface area contributed by atoms with Gasteiger partial charge < -0.3 is 13.7 Å². The van der Waals surface area contributed by atoms with E-state index in [-0.39, 0.29) is 18.3 Å². The van der Waals surface area contributed by atoms with Crippen LogP contribution in [0.4, 0.5) is 0 Å². The summed E-state index contributed by atoms with van der Waals surface area (Å²) in [4.78, 5) is 0. The first kappa shape index (κ1) is 21.7. The first-order chi connectivity index (χ1) is 17.3. The topological polar surface area (TPSA) is 31.6 Å². The summed E-state index contributed by atoms with van der Waals surface area (Å²) in [6.07, 6.45) is 0. The summed E-state index contributed by atoms with van der Waals surface area (Å²) in [5, 5.41) is 7.05. The van der Waals surface area contributed by atoms with Crippen molar-refractivity contribution in [1.29, 1.82) is 0 Å². The highest BCUT2D eigenvalue weighted by Crippen LogP contribution is 2.38. The number of benzene rings is 5. The lowest BCUT2D eigenvalue weighted by molar-refractivity contribution is 0.00578. The Balaban J connectivity index is 1.36. The highest BCUT2D eigenvalue weighted by Gasteiger charge is 2.51. The highest BCUT2D eigenvalue weighted by atomic mass is 16.7. The molecule has 3 nitrogen and oxygen atoms in total. The minimum atomic E-state index is -0.389. The van der Waals surface area contributed by atoms with Crippen LogP contribution in [-0.2, 0) is 9.31 Å². The van der Waals surface area contributed by atoms with E-state index in [0.29, 0.717) is 0 Å². The van der Waals surface area contributed by atoms with Crippen LogP contribution in [0.15, 0.2) is 95.4 Å². The molecule has 4 heteroatoms. The predicted molar refractivity (Wildman–Crippen MR) is 150 cm³/mol. The van der Waals surface area contributed by atoms with Crippen LogP contribution < -0.4 is 5.46 Å². The molecule has 36 heavy (non-hydrogen) atoms. The molecular weight excluding hydrogens is 443 g/mol. The van der Waals surface area contributed by atoms with E-state index in [4.69, 9.17) is 13.7 Å². The zero-order chi connectivity index (χ0) is 24.7. The highest BCUT2D eigenvalue weighted by molar-refractivity contribution is 6.62. The summed E-state index contributed by atoms with van der Waals surface area (Å²) in [5.74, 6) is 0. The molecule has 6 aromatic rings. The first-order valence-electron chi connectivity index (χ1n) is 12.5. The lowest BCUT2D eigenvalue weighted by atomic mass is 9.77. The maximum atomic E-state index is 6.35. The first-order valence-corrected chi connectivity index (χ1v) is 12.5. The molecule has 0 aliphatic carbocycles. The molecule has 1 aliphatic rings. The molecule has 0 atom stereocenters. The summed E-state index contributed by atoms with van der Waals surface area (Å²) < 4.78 is 19.0. The summed E-state index contributed by atoms with van der Waals surface area (Å²) in [6, 6.07) is 32.2. The molecule has 1 aliphatic heterocycles. The maximum absolute atomic E-state index is 6.35. The Labute approximate surface area is 210 Å². The lowest BCUT2D eigenvalue weighted by Gasteiger charge is -2.32. The van der Waals surface area contributed by atoms with Crippen LogP contribution >= 0.6 is 0 Å². The van der Waals surface area contributed by atoms with Crippen LogP contribution in [0.2, 0.25) is 0 Å². The molecule has 0 N–H and O–H groups in total. The van der Waals surface area contributed by atoms with E-state index in [1.807, 2.05) is 0 Å². The van der Waals surface area contributed by atoms with Crippen LogP contribution in [0.25, 0.3) is 54.6 Å². The van der Waals surface area contributed by atoms with E-state index in [1.54, 1.807) is 0 Å². The molecule has 7 rings (SSSR count). The third-order valence-electron chi connectivity index (χ3n) is 8.08. The third-order valence-corrected chi connectivity index (χ3v) is 8.08. The lowest BCUT2D eigenvalue weighted by Crippen LogP contribution is -2.41. The van der Waals surface area contributed by atoms with Gasteiger partial charge in [0.2, 0.25) is 0 Å². The molecule has 0 radical (unpaired) electrons. The number of hydrogen-bond acceptors (Lipinski definition) is 3. The van der Waals surface area contributed by atoms with Gasteiger partial charge in [0.1, 0.15) is 11.2 Å². The fraction of sp³-hybridized carbons (Fsp3) is 0.188. The quantitative estimate of drug-likeness (QED) is 0.242. The van der Waals surface area contributed by atoms with Crippen molar-refractivity contribution in [2.24, 2.45) is 0 Å². The molecule has 5 aromatic carbocycles. The van der Waals surface area contributed by atoms with Crippen LogP contribution in [0.3, 0.4) is 0 Å². The third kappa shape index (κ3) is 3.22. The van der Waals surface area contributed by atoms with Gasteiger partial charge in [-0.2, -0.15) is 0 Å². The van der Waals surface area contributed by atoms with Crippen molar-refractivity contribution in [3.8, 4) is 11.1 Å². The molecule has 2 heterocycles. The van der Waals surface area contributed by atoms with Crippen molar-refractivity contribution in [1.82, 2.24) is 0 Å². The summed E-state index contributed by atoms with van der Waals surface area (Å²) in [5.41, 5.74) is 4.40. The van der Waals surface area contributed by atoms with Crippen LogP contribution in [0.1, 0.15) is 27.7 Å². The van der Waals surface area contributed by atoms with Crippen molar-refractivity contribution in [3.05, 3.63) is 91.0 Å². The van der Waals surface area contributed by atoms with E-state index < -0.39 is 0 Å². The summed E-state index contributed by atoms with van der Waals surface area (Å²) in [7, 11) is -0.389. The van der Waals surface area contributed by atoms with Crippen molar-refractivity contribution in [2.75, 3.05) is 0 Å². The van der Waals surface area contributed by atoms with E-state index in [0.717, 1.165) is 33.0 Å². The molecule has 0 spiro atoms. The van der Waals surface area contributed by atoms with E-state index in [9.17, 15) is 0 Å². The van der Waals surface area contributed by atoms with Gasteiger partial charge in [-0.25, -0.2) is 0 Å². The average molecular weight is 470 g/mol. The molecule has 0 amide bonds. The van der Waals surface area contributed by atoms with Gasteiger partial charge in [0.15, 0.2) is 0 Å². The summed E-state index contributed by atoms with van der Waals surface area (Å²) >= 11 is 0. The minimum absolute atomic E-state index is 0.372. The van der Waals surface area contributed by atoms with Gasteiger partial charge in [0.05, 0.1) is 11.2 Å². The molecule has 1 aromatic heterocycles. The second kappa shape index (κ2) is 7.46. The van der Waals surface area contributed by atoms with Crippen LogP contribution in [0.5, 0.6) is 0 Å². The van der Waals surface area contributed by atoms with Crippen LogP contribution in [0, 0.1) is 0 Å². The van der Waals surface area contributed by atoms with Crippen molar-refractivity contribution in [2.45, 2.75) is 38.9 Å². The second-order valence-corrected chi connectivity index (χ2v) is 10.9. The number of fused-ring (bicyclic) bond motifs is 5.